The van der Waals surface area contributed by atoms with Crippen molar-refractivity contribution in [2.24, 2.45) is 11.8 Å². The molecule has 1 amide bonds. The van der Waals surface area contributed by atoms with Crippen molar-refractivity contribution in [2.45, 2.75) is 96.5 Å². The number of ether oxygens (including phenoxy) is 2. The second-order valence-corrected chi connectivity index (χ2v) is 9.26. The fraction of sp³-hybridized carbons (Fsp3) is 0.783. The molecule has 0 radical (unpaired) electrons. The van der Waals surface area contributed by atoms with Gasteiger partial charge in [-0.05, 0) is 58.3 Å². The average Bonchev–Trinajstić information content (AvgIpc) is 2.67. The highest BCUT2D eigenvalue weighted by Crippen LogP contribution is 2.36. The first-order valence-electron chi connectivity index (χ1n) is 11.0. The molecule has 1 aliphatic heterocycles. The van der Waals surface area contributed by atoms with Gasteiger partial charge in [-0.1, -0.05) is 30.7 Å². The molecule has 0 aromatic carbocycles. The summed E-state index contributed by atoms with van der Waals surface area (Å²) < 4.78 is 11.9. The van der Waals surface area contributed by atoms with Crippen molar-refractivity contribution in [1.29, 1.82) is 0 Å². The number of nitrogens with one attached hydrogen (secondary N) is 1. The molecule has 8 atom stereocenters. The molecule has 1 fully saturated rings. The van der Waals surface area contributed by atoms with Crippen LogP contribution in [-0.2, 0) is 14.3 Å². The van der Waals surface area contributed by atoms with E-state index >= 15 is 0 Å². The molecule has 172 valence electrons. The summed E-state index contributed by atoms with van der Waals surface area (Å²) in [5.41, 5.74) is 0.719. The molecular weight excluding hydrogens is 386 g/mol. The highest BCUT2D eigenvalue weighted by molar-refractivity contribution is 5.73. The smallest absolute Gasteiger partial charge is 0.217 e. The number of amides is 1. The van der Waals surface area contributed by atoms with Crippen molar-refractivity contribution in [2.75, 3.05) is 6.61 Å². The molecule has 0 spiro atoms. The van der Waals surface area contributed by atoms with E-state index in [1.165, 1.54) is 12.5 Å². The predicted molar refractivity (Wildman–Crippen MR) is 115 cm³/mol. The van der Waals surface area contributed by atoms with Gasteiger partial charge in [0.15, 0.2) is 6.29 Å². The van der Waals surface area contributed by atoms with Gasteiger partial charge in [0.25, 0.3) is 0 Å². The SMILES string of the molecule is CC(=O)NC1C(OC2(C)C=CC(C(C)CCC=C(C)C)CC2)OC(CO)C(O)C1O. The largest absolute Gasteiger partial charge is 0.394 e. The van der Waals surface area contributed by atoms with Crippen molar-refractivity contribution in [3.05, 3.63) is 23.8 Å². The second-order valence-electron chi connectivity index (χ2n) is 9.26. The molecule has 2 aliphatic rings. The van der Waals surface area contributed by atoms with Crippen LogP contribution in [0.3, 0.4) is 0 Å². The minimum atomic E-state index is -1.31. The quantitative estimate of drug-likeness (QED) is 0.443. The molecule has 1 saturated heterocycles. The van der Waals surface area contributed by atoms with Crippen molar-refractivity contribution in [1.82, 2.24) is 5.32 Å². The van der Waals surface area contributed by atoms with Gasteiger partial charge in [-0.3, -0.25) is 4.79 Å². The summed E-state index contributed by atoms with van der Waals surface area (Å²) in [7, 11) is 0. The maximum Gasteiger partial charge on any atom is 0.217 e. The fourth-order valence-corrected chi connectivity index (χ4v) is 4.22. The van der Waals surface area contributed by atoms with E-state index < -0.39 is 42.9 Å². The highest BCUT2D eigenvalue weighted by atomic mass is 16.7. The van der Waals surface area contributed by atoms with Crippen LogP contribution >= 0.6 is 0 Å². The molecule has 0 saturated carbocycles. The molecule has 7 nitrogen and oxygen atoms in total. The van der Waals surface area contributed by atoms with E-state index in [4.69, 9.17) is 9.47 Å². The van der Waals surface area contributed by atoms with Gasteiger partial charge in [0.1, 0.15) is 24.4 Å². The lowest BCUT2D eigenvalue weighted by molar-refractivity contribution is -0.292. The molecule has 4 N–H and O–H groups in total. The van der Waals surface area contributed by atoms with E-state index in [0.29, 0.717) is 11.8 Å². The first kappa shape index (κ1) is 25.0. The van der Waals surface area contributed by atoms with Gasteiger partial charge in [0.2, 0.25) is 5.91 Å². The van der Waals surface area contributed by atoms with Crippen molar-refractivity contribution in [3.63, 3.8) is 0 Å². The van der Waals surface area contributed by atoms with Crippen LogP contribution in [0.25, 0.3) is 0 Å². The van der Waals surface area contributed by atoms with Crippen LogP contribution in [0.4, 0.5) is 0 Å². The monoisotopic (exact) mass is 425 g/mol. The first-order chi connectivity index (χ1) is 14.1. The number of rotatable bonds is 8. The van der Waals surface area contributed by atoms with Crippen LogP contribution in [0.5, 0.6) is 0 Å². The second kappa shape index (κ2) is 10.9. The Bertz CT molecular complexity index is 631. The van der Waals surface area contributed by atoms with E-state index in [1.54, 1.807) is 0 Å². The lowest BCUT2D eigenvalue weighted by Gasteiger charge is -2.45. The molecule has 0 bridgehead atoms. The normalized spacial score (nSPS) is 37.5. The molecule has 2 rings (SSSR count). The van der Waals surface area contributed by atoms with Gasteiger partial charge in [-0.25, -0.2) is 0 Å². The van der Waals surface area contributed by atoms with Crippen molar-refractivity contribution >= 4 is 5.91 Å². The molecule has 1 aliphatic carbocycles. The van der Waals surface area contributed by atoms with Crippen LogP contribution in [-0.4, -0.2) is 64.1 Å². The maximum atomic E-state index is 11.6. The summed E-state index contributed by atoms with van der Waals surface area (Å²) in [6, 6.07) is -0.925. The Morgan fingerprint density at radius 3 is 2.57 bits per heavy atom. The number of aliphatic hydroxyl groups is 3. The number of allylic oxidation sites excluding steroid dienone is 3. The predicted octanol–water partition coefficient (Wildman–Crippen LogP) is 2.05. The molecular formula is C23H39NO6. The number of carbonyl (C=O) groups excluding carboxylic acids is 1. The number of hydrogen-bond acceptors (Lipinski definition) is 6. The number of aliphatic hydroxyl groups excluding tert-OH is 3. The molecule has 0 aromatic rings. The van der Waals surface area contributed by atoms with Gasteiger partial charge in [-0.15, -0.1) is 0 Å². The molecule has 1 heterocycles. The third kappa shape index (κ3) is 6.62. The minimum absolute atomic E-state index is 0.361. The number of hydrogen-bond donors (Lipinski definition) is 4. The fourth-order valence-electron chi connectivity index (χ4n) is 4.22. The van der Waals surface area contributed by atoms with Crippen molar-refractivity contribution in [3.8, 4) is 0 Å². The Labute approximate surface area is 180 Å². The summed E-state index contributed by atoms with van der Waals surface area (Å²) in [4.78, 5) is 11.6. The molecule has 30 heavy (non-hydrogen) atoms. The zero-order chi connectivity index (χ0) is 22.5. The maximum absolute atomic E-state index is 11.6. The minimum Gasteiger partial charge on any atom is -0.394 e. The Hall–Kier alpha value is -1.25. The zero-order valence-corrected chi connectivity index (χ0v) is 18.9. The molecule has 7 heteroatoms. The third-order valence-corrected chi connectivity index (χ3v) is 6.21. The first-order valence-corrected chi connectivity index (χ1v) is 11.0. The van der Waals surface area contributed by atoms with Crippen LogP contribution < -0.4 is 5.32 Å². The summed E-state index contributed by atoms with van der Waals surface area (Å²) in [6.07, 6.45) is 5.90. The Kier molecular flexibility index (Phi) is 9.06. The van der Waals surface area contributed by atoms with E-state index in [0.717, 1.165) is 25.7 Å². The third-order valence-electron chi connectivity index (χ3n) is 6.21. The highest BCUT2D eigenvalue weighted by Gasteiger charge is 2.47. The van der Waals surface area contributed by atoms with E-state index in [2.05, 4.69) is 38.2 Å². The van der Waals surface area contributed by atoms with Crippen molar-refractivity contribution < 1.29 is 29.6 Å². The van der Waals surface area contributed by atoms with Gasteiger partial charge in [0.05, 0.1) is 12.2 Å². The van der Waals surface area contributed by atoms with E-state index in [9.17, 15) is 20.1 Å². The Morgan fingerprint density at radius 2 is 2.03 bits per heavy atom. The summed E-state index contributed by atoms with van der Waals surface area (Å²) in [5.74, 6) is 0.680. The summed E-state index contributed by atoms with van der Waals surface area (Å²) >= 11 is 0. The zero-order valence-electron chi connectivity index (χ0n) is 18.9. The van der Waals surface area contributed by atoms with Crippen LogP contribution in [0, 0.1) is 11.8 Å². The topological polar surface area (TPSA) is 108 Å². The van der Waals surface area contributed by atoms with E-state index in [-0.39, 0.29) is 5.91 Å². The Balaban J connectivity index is 2.05. The van der Waals surface area contributed by atoms with Gasteiger partial charge in [0, 0.05) is 6.92 Å². The van der Waals surface area contributed by atoms with Crippen LogP contribution in [0.1, 0.15) is 60.3 Å². The lowest BCUT2D eigenvalue weighted by atomic mass is 9.78. The molecule has 0 aromatic heterocycles. The number of carbonyl (C=O) groups is 1. The summed E-state index contributed by atoms with van der Waals surface area (Å²) in [6.45, 7) is 9.34. The molecule has 8 unspecified atom stereocenters. The standard InChI is InChI=1S/C23H39NO6/c1-14(2)7-6-8-15(3)17-9-11-23(5,12-10-17)30-22-19(24-16(4)26)21(28)20(27)18(13-25)29-22/h7,9,11,15,17-22,25,27-28H,6,8,10,12-13H2,1-5H3,(H,24,26). The van der Waals surface area contributed by atoms with E-state index in [1.807, 2.05) is 13.0 Å². The van der Waals surface area contributed by atoms with Gasteiger partial charge in [-0.2, -0.15) is 0 Å². The van der Waals surface area contributed by atoms with Crippen LogP contribution in [0.15, 0.2) is 23.8 Å². The van der Waals surface area contributed by atoms with Gasteiger partial charge < -0.3 is 30.1 Å². The lowest BCUT2D eigenvalue weighted by Crippen LogP contribution is -2.65. The summed E-state index contributed by atoms with van der Waals surface area (Å²) in [5, 5.41) is 32.7. The average molecular weight is 426 g/mol. The Morgan fingerprint density at radius 1 is 1.33 bits per heavy atom. The van der Waals surface area contributed by atoms with Gasteiger partial charge >= 0.3 is 0 Å². The van der Waals surface area contributed by atoms with Crippen LogP contribution in [0.2, 0.25) is 0 Å².